The standard InChI is InChI=1S/C12H6Cl2FN5/c13-7-1-2-8(9(15)5-7)10-17-11(14)19-12(18-10)20-4-3-16-6-20/h1-6H. The van der Waals surface area contributed by atoms with Crippen molar-refractivity contribution in [2.24, 2.45) is 0 Å². The third kappa shape index (κ3) is 2.48. The number of hydrogen-bond acceptors (Lipinski definition) is 4. The summed E-state index contributed by atoms with van der Waals surface area (Å²) < 4.78 is 15.4. The molecule has 2 aromatic heterocycles. The Bertz CT molecular complexity index is 761. The fraction of sp³-hybridized carbons (Fsp3) is 0. The van der Waals surface area contributed by atoms with Gasteiger partial charge >= 0.3 is 0 Å². The van der Waals surface area contributed by atoms with Crippen molar-refractivity contribution in [3.63, 3.8) is 0 Å². The molecule has 5 nitrogen and oxygen atoms in total. The van der Waals surface area contributed by atoms with Gasteiger partial charge in [0.15, 0.2) is 5.82 Å². The third-order valence-electron chi connectivity index (χ3n) is 2.50. The molecular formula is C12H6Cl2FN5. The van der Waals surface area contributed by atoms with E-state index in [1.165, 1.54) is 18.5 Å². The van der Waals surface area contributed by atoms with Gasteiger partial charge in [-0.05, 0) is 29.8 Å². The van der Waals surface area contributed by atoms with Gasteiger partial charge in [0, 0.05) is 17.4 Å². The van der Waals surface area contributed by atoms with Crippen LogP contribution in [-0.4, -0.2) is 24.5 Å². The van der Waals surface area contributed by atoms with Crippen molar-refractivity contribution in [2.45, 2.75) is 0 Å². The first-order chi connectivity index (χ1) is 9.63. The second-order valence-corrected chi connectivity index (χ2v) is 4.60. The van der Waals surface area contributed by atoms with Crippen LogP contribution in [0.2, 0.25) is 10.3 Å². The van der Waals surface area contributed by atoms with Crippen LogP contribution in [0.5, 0.6) is 0 Å². The van der Waals surface area contributed by atoms with Gasteiger partial charge in [0.05, 0.1) is 5.56 Å². The smallest absolute Gasteiger partial charge is 0.239 e. The third-order valence-corrected chi connectivity index (χ3v) is 2.91. The maximum Gasteiger partial charge on any atom is 0.239 e. The molecule has 0 unspecified atom stereocenters. The van der Waals surface area contributed by atoms with Crippen molar-refractivity contribution in [1.82, 2.24) is 24.5 Å². The van der Waals surface area contributed by atoms with Gasteiger partial charge in [-0.1, -0.05) is 11.6 Å². The Kier molecular flexibility index (Phi) is 3.33. The molecule has 0 N–H and O–H groups in total. The molecule has 3 aromatic rings. The van der Waals surface area contributed by atoms with Gasteiger partial charge in [0.25, 0.3) is 0 Å². The number of rotatable bonds is 2. The molecule has 0 aliphatic rings. The highest BCUT2D eigenvalue weighted by Gasteiger charge is 2.12. The monoisotopic (exact) mass is 309 g/mol. The minimum Gasteiger partial charge on any atom is -0.274 e. The molecule has 0 aliphatic carbocycles. The molecule has 3 rings (SSSR count). The number of benzene rings is 1. The predicted octanol–water partition coefficient (Wildman–Crippen LogP) is 3.17. The van der Waals surface area contributed by atoms with E-state index in [0.717, 1.165) is 0 Å². The van der Waals surface area contributed by atoms with Crippen LogP contribution in [0.15, 0.2) is 36.9 Å². The second kappa shape index (κ2) is 5.15. The molecule has 100 valence electrons. The number of nitrogens with zero attached hydrogens (tertiary/aromatic N) is 5. The van der Waals surface area contributed by atoms with E-state index in [1.807, 2.05) is 0 Å². The quantitative estimate of drug-likeness (QED) is 0.729. The summed E-state index contributed by atoms with van der Waals surface area (Å²) in [5.74, 6) is -0.147. The highest BCUT2D eigenvalue weighted by molar-refractivity contribution is 6.30. The molecule has 8 heteroatoms. The maximum absolute atomic E-state index is 13.9. The van der Waals surface area contributed by atoms with Crippen molar-refractivity contribution in [1.29, 1.82) is 0 Å². The van der Waals surface area contributed by atoms with E-state index in [1.54, 1.807) is 23.0 Å². The van der Waals surface area contributed by atoms with Gasteiger partial charge in [-0.15, -0.1) is 0 Å². The van der Waals surface area contributed by atoms with E-state index in [9.17, 15) is 4.39 Å². The zero-order chi connectivity index (χ0) is 14.1. The summed E-state index contributed by atoms with van der Waals surface area (Å²) in [4.78, 5) is 16.0. The fourth-order valence-corrected chi connectivity index (χ4v) is 1.94. The molecule has 0 saturated carbocycles. The Labute approximate surface area is 123 Å². The van der Waals surface area contributed by atoms with E-state index in [-0.39, 0.29) is 22.6 Å². The summed E-state index contributed by atoms with van der Waals surface area (Å²) in [5, 5.41) is 0.259. The van der Waals surface area contributed by atoms with Crippen molar-refractivity contribution < 1.29 is 4.39 Å². The Balaban J connectivity index is 2.14. The van der Waals surface area contributed by atoms with E-state index < -0.39 is 5.82 Å². The fourth-order valence-electron chi connectivity index (χ4n) is 1.62. The van der Waals surface area contributed by atoms with Crippen LogP contribution in [0.4, 0.5) is 4.39 Å². The van der Waals surface area contributed by atoms with Crippen LogP contribution in [0, 0.1) is 5.82 Å². The lowest BCUT2D eigenvalue weighted by molar-refractivity contribution is 0.629. The second-order valence-electron chi connectivity index (χ2n) is 3.82. The molecule has 20 heavy (non-hydrogen) atoms. The molecular weight excluding hydrogens is 304 g/mol. The molecule has 0 aliphatic heterocycles. The first-order valence-corrected chi connectivity index (χ1v) is 6.24. The van der Waals surface area contributed by atoms with Crippen LogP contribution in [0.1, 0.15) is 0 Å². The van der Waals surface area contributed by atoms with E-state index in [0.29, 0.717) is 5.02 Å². The minimum absolute atomic E-state index is 0.0342. The van der Waals surface area contributed by atoms with Gasteiger partial charge in [-0.25, -0.2) is 9.37 Å². The zero-order valence-corrected chi connectivity index (χ0v) is 11.3. The predicted molar refractivity (Wildman–Crippen MR) is 72.4 cm³/mol. The molecule has 2 heterocycles. The number of aromatic nitrogens is 5. The topological polar surface area (TPSA) is 56.5 Å². The highest BCUT2D eigenvalue weighted by Crippen LogP contribution is 2.23. The Morgan fingerprint density at radius 1 is 1.10 bits per heavy atom. The summed E-state index contributed by atoms with van der Waals surface area (Å²) in [6, 6.07) is 4.22. The summed E-state index contributed by atoms with van der Waals surface area (Å²) in [5.41, 5.74) is 0.195. The summed E-state index contributed by atoms with van der Waals surface area (Å²) in [6.07, 6.45) is 4.72. The molecule has 0 radical (unpaired) electrons. The van der Waals surface area contributed by atoms with Crippen LogP contribution in [-0.2, 0) is 0 Å². The molecule has 0 spiro atoms. The molecule has 0 saturated heterocycles. The minimum atomic E-state index is -0.531. The van der Waals surface area contributed by atoms with Gasteiger partial charge in [0.2, 0.25) is 11.2 Å². The SMILES string of the molecule is Fc1cc(Cl)ccc1-c1nc(Cl)nc(-n2ccnc2)n1. The molecule has 0 atom stereocenters. The Hall–Kier alpha value is -2.05. The van der Waals surface area contributed by atoms with Crippen molar-refractivity contribution in [3.8, 4) is 17.3 Å². The lowest BCUT2D eigenvalue weighted by Gasteiger charge is -2.05. The molecule has 1 aromatic carbocycles. The average Bonchev–Trinajstić information content (AvgIpc) is 2.91. The molecule has 0 fully saturated rings. The van der Waals surface area contributed by atoms with Gasteiger partial charge < -0.3 is 0 Å². The average molecular weight is 310 g/mol. The highest BCUT2D eigenvalue weighted by atomic mass is 35.5. The van der Waals surface area contributed by atoms with Crippen LogP contribution >= 0.6 is 23.2 Å². The van der Waals surface area contributed by atoms with E-state index >= 15 is 0 Å². The first kappa shape index (κ1) is 13.0. The Morgan fingerprint density at radius 3 is 2.65 bits per heavy atom. The van der Waals surface area contributed by atoms with Gasteiger partial charge in [-0.2, -0.15) is 15.0 Å². The van der Waals surface area contributed by atoms with E-state index in [4.69, 9.17) is 23.2 Å². The summed E-state index contributed by atoms with van der Waals surface area (Å²) in [6.45, 7) is 0. The maximum atomic E-state index is 13.9. The van der Waals surface area contributed by atoms with Crippen LogP contribution in [0.3, 0.4) is 0 Å². The number of halogens is 3. The van der Waals surface area contributed by atoms with Crippen molar-refractivity contribution in [3.05, 3.63) is 53.0 Å². The summed E-state index contributed by atoms with van der Waals surface area (Å²) in [7, 11) is 0. The van der Waals surface area contributed by atoms with Crippen LogP contribution in [0.25, 0.3) is 17.3 Å². The number of hydrogen-bond donors (Lipinski definition) is 0. The van der Waals surface area contributed by atoms with Crippen LogP contribution < -0.4 is 0 Å². The molecule has 0 bridgehead atoms. The first-order valence-electron chi connectivity index (χ1n) is 5.49. The zero-order valence-electron chi connectivity index (χ0n) is 9.83. The van der Waals surface area contributed by atoms with Gasteiger partial charge in [-0.3, -0.25) is 4.57 Å². The number of imidazole rings is 1. The lowest BCUT2D eigenvalue weighted by Crippen LogP contribution is -2.03. The van der Waals surface area contributed by atoms with Crippen molar-refractivity contribution >= 4 is 23.2 Å². The largest absolute Gasteiger partial charge is 0.274 e. The lowest BCUT2D eigenvalue weighted by atomic mass is 10.2. The Morgan fingerprint density at radius 2 is 1.95 bits per heavy atom. The summed E-state index contributed by atoms with van der Waals surface area (Å²) >= 11 is 11.6. The molecule has 0 amide bonds. The van der Waals surface area contributed by atoms with Gasteiger partial charge in [0.1, 0.15) is 12.1 Å². The van der Waals surface area contributed by atoms with E-state index in [2.05, 4.69) is 19.9 Å². The van der Waals surface area contributed by atoms with Crippen molar-refractivity contribution in [2.75, 3.05) is 0 Å². The normalized spacial score (nSPS) is 10.8.